The van der Waals surface area contributed by atoms with Crippen molar-refractivity contribution in [3.05, 3.63) is 35.8 Å². The Morgan fingerprint density at radius 3 is 2.94 bits per heavy atom. The highest BCUT2D eigenvalue weighted by Crippen LogP contribution is 2.28. The Labute approximate surface area is 97.9 Å². The molecule has 4 nitrogen and oxygen atoms in total. The van der Waals surface area contributed by atoms with Gasteiger partial charge in [-0.05, 0) is 18.6 Å². The third-order valence-corrected chi connectivity index (χ3v) is 3.08. The maximum absolute atomic E-state index is 9.06. The molecule has 0 aliphatic heterocycles. The Hall–Kier alpha value is -1.80. The summed E-state index contributed by atoms with van der Waals surface area (Å²) in [6.45, 7) is 1.91. The number of pyridine rings is 1. The van der Waals surface area contributed by atoms with Crippen molar-refractivity contribution in [1.82, 2.24) is 14.8 Å². The van der Waals surface area contributed by atoms with Gasteiger partial charge in [0.15, 0.2) is 0 Å². The van der Waals surface area contributed by atoms with Crippen molar-refractivity contribution in [2.24, 2.45) is 7.05 Å². The molecule has 0 radical (unpaired) electrons. The second-order valence-electron chi connectivity index (χ2n) is 3.37. The van der Waals surface area contributed by atoms with Crippen molar-refractivity contribution in [3.8, 4) is 6.07 Å². The quantitative estimate of drug-likeness (QED) is 0.793. The predicted octanol–water partition coefficient (Wildman–Crippen LogP) is 2.15. The number of aryl methyl sites for hydroxylation is 2. The molecule has 80 valence electrons. The van der Waals surface area contributed by atoms with Crippen molar-refractivity contribution in [2.45, 2.75) is 16.8 Å². The average Bonchev–Trinajstić information content (AvgIpc) is 2.64. The van der Waals surface area contributed by atoms with Crippen molar-refractivity contribution >= 4 is 11.8 Å². The van der Waals surface area contributed by atoms with Crippen LogP contribution in [0.5, 0.6) is 0 Å². The Bertz CT molecular complexity index is 553. The molecule has 0 atom stereocenters. The van der Waals surface area contributed by atoms with Gasteiger partial charge >= 0.3 is 0 Å². The molecule has 16 heavy (non-hydrogen) atoms. The zero-order valence-electron chi connectivity index (χ0n) is 9.01. The molecule has 0 saturated carbocycles. The van der Waals surface area contributed by atoms with Gasteiger partial charge in [-0.2, -0.15) is 10.4 Å². The van der Waals surface area contributed by atoms with Crippen LogP contribution in [0.25, 0.3) is 0 Å². The van der Waals surface area contributed by atoms with Crippen LogP contribution >= 0.6 is 11.8 Å². The van der Waals surface area contributed by atoms with Crippen LogP contribution in [0.2, 0.25) is 0 Å². The molecule has 0 fully saturated rings. The number of nitriles is 1. The fourth-order valence-corrected chi connectivity index (χ4v) is 2.26. The number of aromatic nitrogens is 3. The molecular formula is C11H10N4S. The van der Waals surface area contributed by atoms with E-state index in [9.17, 15) is 0 Å². The lowest BCUT2D eigenvalue weighted by atomic mass is 10.2. The number of hydrogen-bond donors (Lipinski definition) is 0. The molecule has 0 N–H and O–H groups in total. The monoisotopic (exact) mass is 230 g/mol. The van der Waals surface area contributed by atoms with Gasteiger partial charge in [-0.15, -0.1) is 0 Å². The fraction of sp³-hybridized carbons (Fsp3) is 0.182. The molecule has 0 spiro atoms. The molecule has 2 rings (SSSR count). The van der Waals surface area contributed by atoms with Crippen LogP contribution in [0.1, 0.15) is 11.1 Å². The van der Waals surface area contributed by atoms with Crippen LogP contribution in [0, 0.1) is 18.3 Å². The maximum Gasteiger partial charge on any atom is 0.119 e. The van der Waals surface area contributed by atoms with E-state index in [2.05, 4.69) is 16.2 Å². The summed E-state index contributed by atoms with van der Waals surface area (Å²) in [6, 6.07) is 4.02. The van der Waals surface area contributed by atoms with E-state index in [4.69, 9.17) is 5.26 Å². The first-order chi connectivity index (χ1) is 7.70. The van der Waals surface area contributed by atoms with Gasteiger partial charge in [-0.25, -0.2) is 4.98 Å². The Balaban J connectivity index is 2.35. The van der Waals surface area contributed by atoms with E-state index in [1.54, 1.807) is 17.1 Å². The molecule has 0 amide bonds. The molecule has 2 heterocycles. The van der Waals surface area contributed by atoms with E-state index in [1.165, 1.54) is 11.8 Å². The lowest BCUT2D eigenvalue weighted by Crippen LogP contribution is -1.89. The number of nitrogens with zero attached hydrogens (tertiary/aromatic N) is 4. The Kier molecular flexibility index (Phi) is 2.93. The summed E-state index contributed by atoms with van der Waals surface area (Å²) < 4.78 is 1.73. The largest absolute Gasteiger partial charge is 0.275 e. The van der Waals surface area contributed by atoms with E-state index in [0.717, 1.165) is 15.5 Å². The van der Waals surface area contributed by atoms with E-state index in [0.29, 0.717) is 5.56 Å². The molecule has 0 bridgehead atoms. The first-order valence-corrected chi connectivity index (χ1v) is 5.54. The van der Waals surface area contributed by atoms with Crippen LogP contribution in [-0.2, 0) is 7.05 Å². The molecule has 2 aromatic rings. The Morgan fingerprint density at radius 2 is 2.31 bits per heavy atom. The highest BCUT2D eigenvalue weighted by molar-refractivity contribution is 7.99. The van der Waals surface area contributed by atoms with Crippen molar-refractivity contribution in [2.75, 3.05) is 0 Å². The van der Waals surface area contributed by atoms with Crippen LogP contribution in [0.3, 0.4) is 0 Å². The smallest absolute Gasteiger partial charge is 0.119 e. The summed E-state index contributed by atoms with van der Waals surface area (Å²) in [6.07, 6.45) is 5.38. The summed E-state index contributed by atoms with van der Waals surface area (Å²) in [7, 11) is 1.86. The van der Waals surface area contributed by atoms with Gasteiger partial charge in [0.05, 0.1) is 16.7 Å². The highest BCUT2D eigenvalue weighted by atomic mass is 32.2. The molecular weight excluding hydrogens is 220 g/mol. The van der Waals surface area contributed by atoms with Gasteiger partial charge in [0.25, 0.3) is 0 Å². The SMILES string of the molecule is Cc1ccnc(Sc2cnn(C)c2)c1C#N. The number of hydrogen-bond acceptors (Lipinski definition) is 4. The normalized spacial score (nSPS) is 10.1. The van der Waals surface area contributed by atoms with Gasteiger partial charge in [0, 0.05) is 19.4 Å². The standard InChI is InChI=1S/C11H10N4S/c1-8-3-4-13-11(10(8)5-12)16-9-6-14-15(2)7-9/h3-4,6-7H,1-2H3. The number of rotatable bonds is 2. The van der Waals surface area contributed by atoms with Gasteiger partial charge in [0.1, 0.15) is 11.1 Å². The van der Waals surface area contributed by atoms with Crippen LogP contribution in [0.4, 0.5) is 0 Å². The molecule has 5 heteroatoms. The topological polar surface area (TPSA) is 54.5 Å². The van der Waals surface area contributed by atoms with E-state index < -0.39 is 0 Å². The zero-order valence-corrected chi connectivity index (χ0v) is 9.82. The molecule has 2 aromatic heterocycles. The minimum absolute atomic E-state index is 0.636. The van der Waals surface area contributed by atoms with Gasteiger partial charge in [-0.3, -0.25) is 4.68 Å². The van der Waals surface area contributed by atoms with Crippen molar-refractivity contribution in [3.63, 3.8) is 0 Å². The van der Waals surface area contributed by atoms with Gasteiger partial charge < -0.3 is 0 Å². The summed E-state index contributed by atoms with van der Waals surface area (Å²) in [5, 5.41) is 13.9. The summed E-state index contributed by atoms with van der Waals surface area (Å²) in [5.74, 6) is 0. The lowest BCUT2D eigenvalue weighted by Gasteiger charge is -2.02. The van der Waals surface area contributed by atoms with Gasteiger partial charge in [-0.1, -0.05) is 11.8 Å². The summed E-state index contributed by atoms with van der Waals surface area (Å²) >= 11 is 1.46. The maximum atomic E-state index is 9.06. The molecule has 0 aromatic carbocycles. The van der Waals surface area contributed by atoms with Crippen LogP contribution in [0.15, 0.2) is 34.6 Å². The van der Waals surface area contributed by atoms with Crippen molar-refractivity contribution < 1.29 is 0 Å². The summed E-state index contributed by atoms with van der Waals surface area (Å²) in [4.78, 5) is 5.20. The molecule has 0 aliphatic rings. The minimum Gasteiger partial charge on any atom is -0.275 e. The van der Waals surface area contributed by atoms with E-state index >= 15 is 0 Å². The Morgan fingerprint density at radius 1 is 1.50 bits per heavy atom. The fourth-order valence-electron chi connectivity index (χ4n) is 1.31. The predicted molar refractivity (Wildman–Crippen MR) is 61.0 cm³/mol. The van der Waals surface area contributed by atoms with Crippen molar-refractivity contribution in [1.29, 1.82) is 5.26 Å². The van der Waals surface area contributed by atoms with Crippen LogP contribution in [-0.4, -0.2) is 14.8 Å². The second kappa shape index (κ2) is 4.37. The highest BCUT2D eigenvalue weighted by Gasteiger charge is 2.08. The molecule has 0 unspecified atom stereocenters. The average molecular weight is 230 g/mol. The second-order valence-corrected chi connectivity index (χ2v) is 4.43. The third kappa shape index (κ3) is 2.07. The van der Waals surface area contributed by atoms with Gasteiger partial charge in [0.2, 0.25) is 0 Å². The first kappa shape index (κ1) is 10.7. The first-order valence-electron chi connectivity index (χ1n) is 4.73. The summed E-state index contributed by atoms with van der Waals surface area (Å²) in [5.41, 5.74) is 1.58. The zero-order chi connectivity index (χ0) is 11.5. The third-order valence-electron chi connectivity index (χ3n) is 2.13. The minimum atomic E-state index is 0.636. The lowest BCUT2D eigenvalue weighted by molar-refractivity contribution is 0.766. The molecule has 0 saturated heterocycles. The van der Waals surface area contributed by atoms with E-state index in [-0.39, 0.29) is 0 Å². The van der Waals surface area contributed by atoms with Crippen LogP contribution < -0.4 is 0 Å². The van der Waals surface area contributed by atoms with E-state index in [1.807, 2.05) is 26.2 Å². The molecule has 0 aliphatic carbocycles.